The van der Waals surface area contributed by atoms with Gasteiger partial charge in [0.05, 0.1) is 5.75 Å². The molecule has 0 aromatic carbocycles. The maximum Gasteiger partial charge on any atom is 0.297 e. The summed E-state index contributed by atoms with van der Waals surface area (Å²) in [6.07, 6.45) is 21.8. The molecule has 7 heteroatoms. The third kappa shape index (κ3) is 13.7. The first-order valence-electron chi connectivity index (χ1n) is 12.6. The number of carbonyl (C=O) groups excluding carboxylic acids is 1. The molecule has 0 aliphatic heterocycles. The van der Waals surface area contributed by atoms with Gasteiger partial charge in [-0.1, -0.05) is 94.8 Å². The summed E-state index contributed by atoms with van der Waals surface area (Å²) in [6.45, 7) is 2.11. The first-order valence-corrected chi connectivity index (χ1v) is 15.0. The molecule has 2 aliphatic carbocycles. The molecule has 1 heterocycles. The average molecular weight is 491 g/mol. The van der Waals surface area contributed by atoms with Crippen LogP contribution in [0.2, 0.25) is 0 Å². The van der Waals surface area contributed by atoms with E-state index in [1.807, 2.05) is 11.3 Å². The minimum absolute atomic E-state index is 0.213. The summed E-state index contributed by atoms with van der Waals surface area (Å²) < 4.78 is 35.1. The molecule has 4 nitrogen and oxygen atoms in total. The van der Waals surface area contributed by atoms with E-state index in [9.17, 15) is 17.7 Å². The van der Waals surface area contributed by atoms with E-state index in [2.05, 4.69) is 22.8 Å². The highest BCUT2D eigenvalue weighted by Gasteiger charge is 2.20. The number of halogens is 1. The first-order chi connectivity index (χ1) is 15.5. The van der Waals surface area contributed by atoms with Crippen molar-refractivity contribution in [2.24, 2.45) is 0 Å². The van der Waals surface area contributed by atoms with Crippen LogP contribution in [0.25, 0.3) is 0 Å². The topological polar surface area (TPSA) is 60.4 Å². The summed E-state index contributed by atoms with van der Waals surface area (Å²) in [6, 6.07) is 2.10. The molecular weight excluding hydrogens is 447 g/mol. The Hall–Kier alpha value is -0.790. The molecule has 3 rings (SSSR count). The van der Waals surface area contributed by atoms with Gasteiger partial charge in [-0.15, -0.1) is 11.3 Å². The Morgan fingerprint density at radius 1 is 0.969 bits per heavy atom. The highest BCUT2D eigenvalue weighted by molar-refractivity contribution is 7.86. The summed E-state index contributed by atoms with van der Waals surface area (Å²) in [7, 11) is -3.88. The lowest BCUT2D eigenvalue weighted by molar-refractivity contribution is -0.107. The van der Waals surface area contributed by atoms with E-state index in [0.29, 0.717) is 12.8 Å². The second kappa shape index (κ2) is 18.6. The van der Waals surface area contributed by atoms with E-state index in [1.54, 1.807) is 0 Å². The van der Waals surface area contributed by atoms with Gasteiger partial charge < -0.3 is 4.79 Å². The summed E-state index contributed by atoms with van der Waals surface area (Å²) >= 11 is 1.83. The minimum Gasteiger partial charge on any atom is -0.303 e. The average Bonchev–Trinajstić information content (AvgIpc) is 3.50. The second-order valence-corrected chi connectivity index (χ2v) is 11.5. The van der Waals surface area contributed by atoms with Gasteiger partial charge in [0.1, 0.15) is 6.29 Å². The third-order valence-corrected chi connectivity index (χ3v) is 8.26. The summed E-state index contributed by atoms with van der Waals surface area (Å²) in [4.78, 5) is 11.9. The van der Waals surface area contributed by atoms with Crippen LogP contribution in [0, 0.1) is 0 Å². The van der Waals surface area contributed by atoms with Crippen LogP contribution in [0.3, 0.4) is 0 Å². The van der Waals surface area contributed by atoms with Gasteiger partial charge in [-0.3, -0.25) is 0 Å². The van der Waals surface area contributed by atoms with Gasteiger partial charge in [0, 0.05) is 11.3 Å². The maximum atomic E-state index is 11.3. The van der Waals surface area contributed by atoms with Crippen molar-refractivity contribution >= 4 is 27.7 Å². The monoisotopic (exact) mass is 490 g/mol. The Morgan fingerprint density at radius 2 is 1.53 bits per heavy atom. The smallest absolute Gasteiger partial charge is 0.297 e. The minimum atomic E-state index is -3.88. The fourth-order valence-corrected chi connectivity index (χ4v) is 6.03. The molecule has 0 radical (unpaired) electrons. The number of carbonyl (C=O) groups is 1. The van der Waals surface area contributed by atoms with Crippen LogP contribution >= 0.6 is 11.3 Å². The molecule has 0 bridgehead atoms. The number of thiophene rings is 1. The predicted molar refractivity (Wildman–Crippen MR) is 132 cm³/mol. The van der Waals surface area contributed by atoms with E-state index in [4.69, 9.17) is 0 Å². The predicted octanol–water partition coefficient (Wildman–Crippen LogP) is 8.07. The zero-order valence-corrected chi connectivity index (χ0v) is 21.5. The van der Waals surface area contributed by atoms with Crippen LogP contribution in [0.1, 0.15) is 126 Å². The number of hydrogen-bond acceptors (Lipinski definition) is 5. The molecule has 0 spiro atoms. The van der Waals surface area contributed by atoms with Gasteiger partial charge in [-0.25, -0.2) is 0 Å². The fourth-order valence-electron chi connectivity index (χ4n) is 4.30. The number of aldehydes is 1. The van der Waals surface area contributed by atoms with Crippen molar-refractivity contribution in [3.05, 3.63) is 21.9 Å². The van der Waals surface area contributed by atoms with Crippen LogP contribution < -0.4 is 0 Å². The van der Waals surface area contributed by atoms with Crippen LogP contribution in [-0.2, 0) is 25.7 Å². The maximum absolute atomic E-state index is 11.3. The lowest BCUT2D eigenvalue weighted by atomic mass is 10.0. The van der Waals surface area contributed by atoms with Gasteiger partial charge in [-0.05, 0) is 46.7 Å². The normalized spacial score (nSPS) is 16.6. The van der Waals surface area contributed by atoms with Crippen molar-refractivity contribution in [3.8, 4) is 0 Å². The van der Waals surface area contributed by atoms with Crippen molar-refractivity contribution in [2.75, 3.05) is 5.75 Å². The Morgan fingerprint density at radius 3 is 2.06 bits per heavy atom. The number of unbranched alkanes of at least 4 members (excludes halogenated alkanes) is 5. The van der Waals surface area contributed by atoms with E-state index in [1.165, 1.54) is 81.1 Å². The summed E-state index contributed by atoms with van der Waals surface area (Å²) in [5.41, 5.74) is 1.27. The highest BCUT2D eigenvalue weighted by atomic mass is 32.2. The third-order valence-electron chi connectivity index (χ3n) is 6.15. The Balaban J connectivity index is 0.000000256. The second-order valence-electron chi connectivity index (χ2n) is 8.88. The largest absolute Gasteiger partial charge is 0.303 e. The Bertz CT molecular complexity index is 666. The highest BCUT2D eigenvalue weighted by Crippen LogP contribution is 2.38. The van der Waals surface area contributed by atoms with E-state index in [0.717, 1.165) is 37.9 Å². The van der Waals surface area contributed by atoms with E-state index in [-0.39, 0.29) is 5.75 Å². The molecule has 2 aliphatic rings. The van der Waals surface area contributed by atoms with Crippen LogP contribution in [-0.4, -0.2) is 20.5 Å². The lowest BCUT2D eigenvalue weighted by Crippen LogP contribution is -2.05. The van der Waals surface area contributed by atoms with Crippen molar-refractivity contribution in [1.29, 1.82) is 0 Å². The number of hydrogen-bond donors (Lipinski definition) is 0. The molecular formula is C25H43FO4S2. The molecule has 2 fully saturated rings. The molecule has 1 aromatic heterocycles. The van der Waals surface area contributed by atoms with Crippen molar-refractivity contribution < 1.29 is 22.1 Å². The van der Waals surface area contributed by atoms with E-state index >= 15 is 0 Å². The zero-order valence-electron chi connectivity index (χ0n) is 19.9. The van der Waals surface area contributed by atoms with Crippen LogP contribution in [0.15, 0.2) is 11.4 Å². The molecule has 0 unspecified atom stereocenters. The molecule has 1 aromatic rings. The fraction of sp³-hybridized carbons (Fsp3) is 0.800. The quantitative estimate of drug-likeness (QED) is 0.232. The molecule has 2 saturated carbocycles. The van der Waals surface area contributed by atoms with Crippen molar-refractivity contribution in [3.63, 3.8) is 0 Å². The molecule has 0 saturated heterocycles. The summed E-state index contributed by atoms with van der Waals surface area (Å²) in [5, 5.41) is 2.12. The Labute approximate surface area is 199 Å². The standard InChI is InChI=1S/C11H14OS.C8H17FO3S.C6H12/c12-7-5-10-6-8-13-11(10)9-3-1-2-4-9;1-2-3-4-5-6-7-8-13(10,11)12-9;1-2-4-6-5-3-1/h6-9H,1-5H2;2-8H2,1H3;1-6H2. The SMILES string of the molecule is C1CCCCC1.CCCCCCCCS(=O)(=O)OF.O=CCc1ccsc1C1CCCC1. The number of rotatable bonds is 11. The molecule has 0 amide bonds. The molecule has 0 atom stereocenters. The van der Waals surface area contributed by atoms with Gasteiger partial charge in [0.2, 0.25) is 0 Å². The van der Waals surface area contributed by atoms with Crippen LogP contribution in [0.5, 0.6) is 0 Å². The molecule has 186 valence electrons. The zero-order chi connectivity index (χ0) is 23.5. The van der Waals surface area contributed by atoms with Gasteiger partial charge in [0.25, 0.3) is 10.1 Å². The molecule has 32 heavy (non-hydrogen) atoms. The van der Waals surface area contributed by atoms with Crippen molar-refractivity contribution in [1.82, 2.24) is 0 Å². The molecule has 0 N–H and O–H groups in total. The van der Waals surface area contributed by atoms with Gasteiger partial charge in [0.15, 0.2) is 0 Å². The van der Waals surface area contributed by atoms with Gasteiger partial charge >= 0.3 is 0 Å². The summed E-state index contributed by atoms with van der Waals surface area (Å²) in [5.74, 6) is 0.547. The van der Waals surface area contributed by atoms with Crippen molar-refractivity contribution in [2.45, 2.75) is 122 Å². The van der Waals surface area contributed by atoms with Crippen LogP contribution in [0.4, 0.5) is 4.53 Å². The first kappa shape index (κ1) is 29.2. The Kier molecular flexibility index (Phi) is 17.0. The van der Waals surface area contributed by atoms with Gasteiger partial charge in [-0.2, -0.15) is 8.42 Å². The lowest BCUT2D eigenvalue weighted by Gasteiger charge is -2.07. The van der Waals surface area contributed by atoms with E-state index < -0.39 is 10.1 Å².